The monoisotopic (exact) mass is 263 g/mol. The van der Waals surface area contributed by atoms with Gasteiger partial charge in [0.2, 0.25) is 0 Å². The molecule has 0 aliphatic rings. The highest BCUT2D eigenvalue weighted by Crippen LogP contribution is 2.30. The molecule has 1 unspecified atom stereocenters. The molecular weight excluding hydrogens is 249 g/mol. The zero-order valence-corrected chi connectivity index (χ0v) is 10.3. The van der Waals surface area contributed by atoms with Crippen LogP contribution in [0.15, 0.2) is 17.0 Å². The quantitative estimate of drug-likeness (QED) is 0.811. The number of ether oxygens (including phenoxy) is 1. The summed E-state index contributed by atoms with van der Waals surface area (Å²) < 4.78 is 41.7. The predicted octanol–water partition coefficient (Wildman–Crippen LogP) is 0.230. The van der Waals surface area contributed by atoms with Crippen LogP contribution < -0.4 is 10.5 Å². The van der Waals surface area contributed by atoms with E-state index in [9.17, 15) is 12.8 Å². The molecule has 0 aliphatic carbocycles. The normalized spacial score (nSPS) is 13.5. The first-order chi connectivity index (χ1) is 7.82. The van der Waals surface area contributed by atoms with Gasteiger partial charge in [0.05, 0.1) is 19.8 Å². The Labute approximate surface area is 98.9 Å². The molecule has 1 aromatic rings. The van der Waals surface area contributed by atoms with Gasteiger partial charge in [-0.15, -0.1) is 0 Å². The maximum Gasteiger partial charge on any atom is 0.182 e. The number of aliphatic hydroxyl groups is 1. The molecule has 1 rings (SSSR count). The lowest BCUT2D eigenvalue weighted by Gasteiger charge is -2.14. The van der Waals surface area contributed by atoms with Gasteiger partial charge in [0.25, 0.3) is 0 Å². The minimum absolute atomic E-state index is 0.0614. The largest absolute Gasteiger partial charge is 0.495 e. The van der Waals surface area contributed by atoms with Crippen molar-refractivity contribution in [2.24, 2.45) is 5.73 Å². The Balaban J connectivity index is 3.55. The zero-order valence-electron chi connectivity index (χ0n) is 9.47. The van der Waals surface area contributed by atoms with Gasteiger partial charge in [-0.05, 0) is 6.07 Å². The van der Waals surface area contributed by atoms with Crippen LogP contribution in [0.2, 0.25) is 0 Å². The second kappa shape index (κ2) is 4.99. The molecule has 0 aromatic heterocycles. The molecule has 0 fully saturated rings. The van der Waals surface area contributed by atoms with Gasteiger partial charge in [0.15, 0.2) is 9.84 Å². The second-order valence-electron chi connectivity index (χ2n) is 3.56. The number of methoxy groups -OCH3 is 1. The van der Waals surface area contributed by atoms with Gasteiger partial charge in [-0.2, -0.15) is 0 Å². The standard InChI is InChI=1S/C10H14FNO4S/c1-16-8-4-3-6(7(12)5-13)9(11)10(8)17(2,14)15/h3-4,7,13H,5,12H2,1-2H3. The minimum atomic E-state index is -3.78. The van der Waals surface area contributed by atoms with E-state index in [1.807, 2.05) is 0 Å². The number of aliphatic hydroxyl groups excluding tert-OH is 1. The van der Waals surface area contributed by atoms with Crippen molar-refractivity contribution in [1.29, 1.82) is 0 Å². The molecule has 5 nitrogen and oxygen atoms in total. The summed E-state index contributed by atoms with van der Waals surface area (Å²) in [6.45, 7) is -0.480. The fraction of sp³-hybridized carbons (Fsp3) is 0.400. The molecule has 0 heterocycles. The third kappa shape index (κ3) is 2.74. The van der Waals surface area contributed by atoms with Crippen LogP contribution in [-0.2, 0) is 9.84 Å². The molecule has 0 saturated heterocycles. The number of halogens is 1. The smallest absolute Gasteiger partial charge is 0.182 e. The van der Waals surface area contributed by atoms with Crippen LogP contribution in [0.5, 0.6) is 5.75 Å². The highest BCUT2D eigenvalue weighted by molar-refractivity contribution is 7.90. The Morgan fingerprint density at radius 1 is 1.53 bits per heavy atom. The molecular formula is C10H14FNO4S. The molecule has 1 aromatic carbocycles. The lowest BCUT2D eigenvalue weighted by atomic mass is 10.1. The number of sulfone groups is 1. The van der Waals surface area contributed by atoms with E-state index in [0.29, 0.717) is 0 Å². The third-order valence-corrected chi connectivity index (χ3v) is 3.40. The minimum Gasteiger partial charge on any atom is -0.495 e. The van der Waals surface area contributed by atoms with Crippen LogP contribution in [0.25, 0.3) is 0 Å². The maximum absolute atomic E-state index is 14.0. The van der Waals surface area contributed by atoms with Crippen molar-refractivity contribution in [3.63, 3.8) is 0 Å². The second-order valence-corrected chi connectivity index (χ2v) is 5.51. The van der Waals surface area contributed by atoms with E-state index in [1.165, 1.54) is 19.2 Å². The van der Waals surface area contributed by atoms with Crippen molar-refractivity contribution < 1.29 is 22.7 Å². The lowest BCUT2D eigenvalue weighted by molar-refractivity contribution is 0.264. The summed E-state index contributed by atoms with van der Waals surface area (Å²) in [5.74, 6) is -1.06. The summed E-state index contributed by atoms with van der Waals surface area (Å²) in [6, 6.07) is 1.63. The summed E-state index contributed by atoms with van der Waals surface area (Å²) in [5, 5.41) is 8.86. The Morgan fingerprint density at radius 2 is 2.12 bits per heavy atom. The summed E-state index contributed by atoms with van der Waals surface area (Å²) in [4.78, 5) is -0.540. The fourth-order valence-corrected chi connectivity index (χ4v) is 2.40. The summed E-state index contributed by atoms with van der Waals surface area (Å²) in [7, 11) is -2.53. The van der Waals surface area contributed by atoms with Gasteiger partial charge in [0.1, 0.15) is 16.5 Å². The lowest BCUT2D eigenvalue weighted by Crippen LogP contribution is -2.18. The predicted molar refractivity (Wildman–Crippen MR) is 60.1 cm³/mol. The van der Waals surface area contributed by atoms with Gasteiger partial charge in [-0.3, -0.25) is 0 Å². The average molecular weight is 263 g/mol. The Hall–Kier alpha value is -1.18. The molecule has 7 heteroatoms. The van der Waals surface area contributed by atoms with E-state index in [0.717, 1.165) is 6.26 Å². The Bertz CT molecular complexity index is 515. The molecule has 0 aliphatic heterocycles. The molecule has 96 valence electrons. The van der Waals surface area contributed by atoms with E-state index in [-0.39, 0.29) is 11.3 Å². The average Bonchev–Trinajstić information content (AvgIpc) is 2.25. The van der Waals surface area contributed by atoms with Crippen LogP contribution in [0.4, 0.5) is 4.39 Å². The van der Waals surface area contributed by atoms with Crippen LogP contribution in [0.3, 0.4) is 0 Å². The van der Waals surface area contributed by atoms with Crippen molar-refractivity contribution in [3.8, 4) is 5.75 Å². The van der Waals surface area contributed by atoms with Crippen molar-refractivity contribution in [2.75, 3.05) is 20.0 Å². The topological polar surface area (TPSA) is 89.6 Å². The third-order valence-electron chi connectivity index (χ3n) is 2.28. The number of benzene rings is 1. The molecule has 17 heavy (non-hydrogen) atoms. The summed E-state index contributed by atoms with van der Waals surface area (Å²) >= 11 is 0. The summed E-state index contributed by atoms with van der Waals surface area (Å²) in [5.41, 5.74) is 5.41. The fourth-order valence-electron chi connectivity index (χ4n) is 1.44. The van der Waals surface area contributed by atoms with Gasteiger partial charge >= 0.3 is 0 Å². The van der Waals surface area contributed by atoms with E-state index >= 15 is 0 Å². The van der Waals surface area contributed by atoms with Gasteiger partial charge in [-0.25, -0.2) is 12.8 Å². The highest BCUT2D eigenvalue weighted by atomic mass is 32.2. The SMILES string of the molecule is COc1ccc(C(N)CO)c(F)c1S(C)(=O)=O. The van der Waals surface area contributed by atoms with Crippen molar-refractivity contribution in [2.45, 2.75) is 10.9 Å². The number of rotatable bonds is 4. The Morgan fingerprint density at radius 3 is 2.53 bits per heavy atom. The van der Waals surface area contributed by atoms with Crippen LogP contribution in [0.1, 0.15) is 11.6 Å². The molecule has 1 atom stereocenters. The van der Waals surface area contributed by atoms with Crippen LogP contribution >= 0.6 is 0 Å². The van der Waals surface area contributed by atoms with Crippen molar-refractivity contribution in [3.05, 3.63) is 23.5 Å². The van der Waals surface area contributed by atoms with Crippen LogP contribution in [-0.4, -0.2) is 33.5 Å². The molecule has 0 amide bonds. The van der Waals surface area contributed by atoms with Gasteiger partial charge in [0, 0.05) is 11.8 Å². The molecule has 0 saturated carbocycles. The Kier molecular flexibility index (Phi) is 4.07. The maximum atomic E-state index is 14.0. The summed E-state index contributed by atoms with van der Waals surface area (Å²) in [6.07, 6.45) is 0.877. The zero-order chi connectivity index (χ0) is 13.2. The number of hydrogen-bond donors (Lipinski definition) is 2. The van der Waals surface area contributed by atoms with Gasteiger partial charge in [-0.1, -0.05) is 6.07 Å². The molecule has 0 bridgehead atoms. The van der Waals surface area contributed by atoms with Crippen molar-refractivity contribution in [1.82, 2.24) is 0 Å². The van der Waals surface area contributed by atoms with E-state index < -0.39 is 33.2 Å². The number of hydrogen-bond acceptors (Lipinski definition) is 5. The van der Waals surface area contributed by atoms with E-state index in [1.54, 1.807) is 0 Å². The van der Waals surface area contributed by atoms with Crippen molar-refractivity contribution >= 4 is 9.84 Å². The van der Waals surface area contributed by atoms with Gasteiger partial charge < -0.3 is 15.6 Å². The van der Waals surface area contributed by atoms with Crippen LogP contribution in [0, 0.1) is 5.82 Å². The highest BCUT2D eigenvalue weighted by Gasteiger charge is 2.24. The van der Waals surface area contributed by atoms with E-state index in [2.05, 4.69) is 0 Å². The first-order valence-electron chi connectivity index (χ1n) is 4.75. The first kappa shape index (κ1) is 13.9. The molecule has 0 spiro atoms. The molecule has 0 radical (unpaired) electrons. The molecule has 3 N–H and O–H groups in total. The van der Waals surface area contributed by atoms with E-state index in [4.69, 9.17) is 15.6 Å². The number of nitrogens with two attached hydrogens (primary N) is 1. The first-order valence-corrected chi connectivity index (χ1v) is 6.65.